The van der Waals surface area contributed by atoms with Gasteiger partial charge in [-0.3, -0.25) is 4.79 Å². The maximum absolute atomic E-state index is 13.3. The van der Waals surface area contributed by atoms with Crippen molar-refractivity contribution in [2.24, 2.45) is 17.8 Å². The van der Waals surface area contributed by atoms with Crippen molar-refractivity contribution in [3.8, 4) is 0 Å². The standard InChI is InChI=1S/C30H40N4O3/c1-19-4-9-25(28(35)32-26-21-14-20-15-22(26)18-30(37,16-20)17-21)31-27(19)34-12-10-33(11-13-34)24-7-5-23(6-8-24)29(2,3)36/h4-9,20-22,26,36-37H,10-18H2,1-3H3,(H,32,35)/t20?,21?,22?,26-,30-. The van der Waals surface area contributed by atoms with Crippen molar-refractivity contribution in [3.63, 3.8) is 0 Å². The minimum atomic E-state index is -0.838. The van der Waals surface area contributed by atoms with Gasteiger partial charge in [0.1, 0.15) is 11.5 Å². The Bertz CT molecular complexity index is 1150. The van der Waals surface area contributed by atoms with Gasteiger partial charge >= 0.3 is 0 Å². The number of pyridine rings is 1. The molecule has 4 aliphatic carbocycles. The highest BCUT2D eigenvalue weighted by Crippen LogP contribution is 2.55. The number of nitrogens with zero attached hydrogens (tertiary/aromatic N) is 3. The smallest absolute Gasteiger partial charge is 0.270 e. The number of carbonyl (C=O) groups is 1. The van der Waals surface area contributed by atoms with Crippen LogP contribution in [0.4, 0.5) is 11.5 Å². The SMILES string of the molecule is Cc1ccc(C(=O)N[C@H]2C3CC4CC2C[C@](O)(C4)C3)nc1N1CCN(c2ccc(C(C)(C)O)cc2)CC1. The number of amides is 1. The zero-order valence-electron chi connectivity index (χ0n) is 22.3. The largest absolute Gasteiger partial charge is 0.390 e. The lowest BCUT2D eigenvalue weighted by Crippen LogP contribution is -2.61. The number of hydrogen-bond donors (Lipinski definition) is 3. The Morgan fingerprint density at radius 1 is 0.973 bits per heavy atom. The molecule has 0 spiro atoms. The summed E-state index contributed by atoms with van der Waals surface area (Å²) in [7, 11) is 0. The quantitative estimate of drug-likeness (QED) is 0.577. The number of hydrogen-bond acceptors (Lipinski definition) is 6. The number of benzene rings is 1. The number of nitrogens with one attached hydrogen (secondary N) is 1. The summed E-state index contributed by atoms with van der Waals surface area (Å²) in [6.07, 6.45) is 4.84. The lowest BCUT2D eigenvalue weighted by atomic mass is 9.52. The highest BCUT2D eigenvalue weighted by atomic mass is 16.3. The molecule has 2 atom stereocenters. The van der Waals surface area contributed by atoms with Gasteiger partial charge in [-0.25, -0.2) is 4.98 Å². The third-order valence-corrected chi connectivity index (χ3v) is 9.36. The predicted molar refractivity (Wildman–Crippen MR) is 145 cm³/mol. The third-order valence-electron chi connectivity index (χ3n) is 9.36. The molecule has 1 aliphatic heterocycles. The van der Waals surface area contributed by atoms with Crippen molar-refractivity contribution in [2.45, 2.75) is 70.1 Å². The van der Waals surface area contributed by atoms with Gasteiger partial charge in [0.25, 0.3) is 5.91 Å². The molecule has 0 radical (unpaired) electrons. The molecule has 198 valence electrons. The minimum Gasteiger partial charge on any atom is -0.390 e. The van der Waals surface area contributed by atoms with E-state index in [4.69, 9.17) is 4.98 Å². The van der Waals surface area contributed by atoms with Crippen molar-refractivity contribution >= 4 is 17.4 Å². The van der Waals surface area contributed by atoms with E-state index in [1.54, 1.807) is 13.8 Å². The van der Waals surface area contributed by atoms with Gasteiger partial charge in [0.15, 0.2) is 0 Å². The van der Waals surface area contributed by atoms with E-state index < -0.39 is 11.2 Å². The molecule has 2 unspecified atom stereocenters. The molecule has 5 aliphatic rings. The highest BCUT2D eigenvalue weighted by Gasteiger charge is 2.55. The Labute approximate surface area is 219 Å². The van der Waals surface area contributed by atoms with Crippen molar-refractivity contribution in [3.05, 3.63) is 53.2 Å². The molecule has 7 nitrogen and oxygen atoms in total. The first-order chi connectivity index (χ1) is 17.6. The van der Waals surface area contributed by atoms with Crippen LogP contribution in [0.1, 0.15) is 67.6 Å². The molecule has 1 amide bonds. The van der Waals surface area contributed by atoms with E-state index in [2.05, 4.69) is 34.2 Å². The Kier molecular flexibility index (Phi) is 5.99. The van der Waals surface area contributed by atoms with Crippen LogP contribution in [-0.2, 0) is 5.60 Å². The lowest BCUT2D eigenvalue weighted by molar-refractivity contribution is -0.136. The number of aryl methyl sites for hydroxylation is 1. The van der Waals surface area contributed by atoms with E-state index in [9.17, 15) is 15.0 Å². The summed E-state index contributed by atoms with van der Waals surface area (Å²) in [6, 6.07) is 12.2. The van der Waals surface area contributed by atoms with Crippen LogP contribution in [0.25, 0.3) is 0 Å². The van der Waals surface area contributed by atoms with E-state index in [0.29, 0.717) is 23.4 Å². The number of anilines is 2. The highest BCUT2D eigenvalue weighted by molar-refractivity contribution is 5.93. The van der Waals surface area contributed by atoms with E-state index in [0.717, 1.165) is 80.9 Å². The van der Waals surface area contributed by atoms with Gasteiger partial charge < -0.3 is 25.3 Å². The van der Waals surface area contributed by atoms with Crippen LogP contribution < -0.4 is 15.1 Å². The fraction of sp³-hybridized carbons (Fsp3) is 0.600. The molecule has 1 saturated heterocycles. The van der Waals surface area contributed by atoms with Crippen LogP contribution >= 0.6 is 0 Å². The molecule has 2 heterocycles. The zero-order valence-corrected chi connectivity index (χ0v) is 22.3. The molecule has 1 aromatic carbocycles. The summed E-state index contributed by atoms with van der Waals surface area (Å²) in [5.41, 5.74) is 2.30. The molecule has 4 bridgehead atoms. The number of rotatable bonds is 5. The molecule has 5 fully saturated rings. The maximum atomic E-state index is 13.3. The Balaban J connectivity index is 1.11. The van der Waals surface area contributed by atoms with Crippen LogP contribution in [0.5, 0.6) is 0 Å². The summed E-state index contributed by atoms with van der Waals surface area (Å²) < 4.78 is 0. The Hall–Kier alpha value is -2.64. The van der Waals surface area contributed by atoms with Gasteiger partial charge in [0.2, 0.25) is 0 Å². The Morgan fingerprint density at radius 3 is 2.19 bits per heavy atom. The number of piperazine rings is 1. The first-order valence-corrected chi connectivity index (χ1v) is 13.9. The Morgan fingerprint density at radius 2 is 1.59 bits per heavy atom. The topological polar surface area (TPSA) is 88.9 Å². The monoisotopic (exact) mass is 504 g/mol. The van der Waals surface area contributed by atoms with Gasteiger partial charge in [-0.2, -0.15) is 0 Å². The van der Waals surface area contributed by atoms with Crippen molar-refractivity contribution < 1.29 is 15.0 Å². The molecule has 7 rings (SSSR count). The first-order valence-electron chi connectivity index (χ1n) is 13.9. The molecule has 3 N–H and O–H groups in total. The van der Waals surface area contributed by atoms with Crippen molar-refractivity contribution in [1.82, 2.24) is 10.3 Å². The average molecular weight is 505 g/mol. The normalized spacial score (nSPS) is 31.1. The third kappa shape index (κ3) is 4.72. The molecular formula is C30H40N4O3. The van der Waals surface area contributed by atoms with Crippen LogP contribution in [0.2, 0.25) is 0 Å². The minimum absolute atomic E-state index is 0.0868. The summed E-state index contributed by atoms with van der Waals surface area (Å²) in [4.78, 5) is 22.8. The zero-order chi connectivity index (χ0) is 25.9. The van der Waals surface area contributed by atoms with Gasteiger partial charge in [0.05, 0.1) is 11.2 Å². The van der Waals surface area contributed by atoms with Crippen molar-refractivity contribution in [1.29, 1.82) is 0 Å². The predicted octanol–water partition coefficient (Wildman–Crippen LogP) is 3.61. The van der Waals surface area contributed by atoms with Crippen LogP contribution in [0.3, 0.4) is 0 Å². The second-order valence-corrected chi connectivity index (χ2v) is 12.6. The fourth-order valence-corrected chi connectivity index (χ4v) is 7.66. The lowest BCUT2D eigenvalue weighted by Gasteiger charge is -2.58. The first kappa shape index (κ1) is 24.7. The second-order valence-electron chi connectivity index (χ2n) is 12.6. The van der Waals surface area contributed by atoms with Gasteiger partial charge in [0, 0.05) is 37.9 Å². The molecule has 37 heavy (non-hydrogen) atoms. The molecule has 2 aromatic rings. The van der Waals surface area contributed by atoms with E-state index in [1.165, 1.54) is 0 Å². The van der Waals surface area contributed by atoms with Gasteiger partial charge in [-0.05, 0) is 100.0 Å². The van der Waals surface area contributed by atoms with Crippen molar-refractivity contribution in [2.75, 3.05) is 36.0 Å². The van der Waals surface area contributed by atoms with Crippen LogP contribution in [0.15, 0.2) is 36.4 Å². The summed E-state index contributed by atoms with van der Waals surface area (Å²) >= 11 is 0. The molecule has 4 saturated carbocycles. The molecule has 1 aromatic heterocycles. The fourth-order valence-electron chi connectivity index (χ4n) is 7.66. The van der Waals surface area contributed by atoms with Gasteiger partial charge in [-0.15, -0.1) is 0 Å². The summed E-state index contributed by atoms with van der Waals surface area (Å²) in [5.74, 6) is 2.20. The van der Waals surface area contributed by atoms with Gasteiger partial charge in [-0.1, -0.05) is 18.2 Å². The van der Waals surface area contributed by atoms with E-state index in [-0.39, 0.29) is 11.9 Å². The maximum Gasteiger partial charge on any atom is 0.270 e. The van der Waals surface area contributed by atoms with Crippen LogP contribution in [-0.4, -0.2) is 58.9 Å². The number of aliphatic hydroxyl groups is 2. The van der Waals surface area contributed by atoms with E-state index >= 15 is 0 Å². The number of aromatic nitrogens is 1. The van der Waals surface area contributed by atoms with Crippen LogP contribution in [0, 0.1) is 24.7 Å². The summed E-state index contributed by atoms with van der Waals surface area (Å²) in [5, 5.41) is 24.4. The second kappa shape index (κ2) is 8.98. The summed E-state index contributed by atoms with van der Waals surface area (Å²) in [6.45, 7) is 9.07. The average Bonchev–Trinajstić information content (AvgIpc) is 2.85. The number of carbonyl (C=O) groups excluding carboxylic acids is 1. The molecular weight excluding hydrogens is 464 g/mol. The van der Waals surface area contributed by atoms with E-state index in [1.807, 2.05) is 24.3 Å². The molecule has 7 heteroatoms.